The van der Waals surface area contributed by atoms with Crippen LogP contribution in [-0.2, 0) is 19.5 Å². The van der Waals surface area contributed by atoms with Crippen molar-refractivity contribution in [1.82, 2.24) is 9.80 Å². The van der Waals surface area contributed by atoms with E-state index in [2.05, 4.69) is 52.1 Å². The zero-order valence-corrected chi connectivity index (χ0v) is 15.9. The van der Waals surface area contributed by atoms with E-state index in [1.807, 2.05) is 17.4 Å². The fourth-order valence-electron chi connectivity index (χ4n) is 3.47. The lowest BCUT2D eigenvalue weighted by Crippen LogP contribution is -2.30. The summed E-state index contributed by atoms with van der Waals surface area (Å²) < 4.78 is 5.46. The van der Waals surface area contributed by atoms with Crippen molar-refractivity contribution >= 4 is 11.3 Å². The van der Waals surface area contributed by atoms with Gasteiger partial charge in [0.2, 0.25) is 0 Å². The van der Waals surface area contributed by atoms with E-state index in [0.29, 0.717) is 0 Å². The van der Waals surface area contributed by atoms with Crippen molar-refractivity contribution in [3.63, 3.8) is 0 Å². The monoisotopic (exact) mass is 356 g/mol. The maximum Gasteiger partial charge on any atom is 0.122 e. The Kier molecular flexibility index (Phi) is 6.68. The van der Waals surface area contributed by atoms with Gasteiger partial charge in [0.05, 0.1) is 7.11 Å². The molecular weight excluding hydrogens is 328 g/mol. The Morgan fingerprint density at radius 3 is 2.60 bits per heavy atom. The van der Waals surface area contributed by atoms with Gasteiger partial charge in [-0.2, -0.15) is 0 Å². The molecule has 2 aromatic rings. The highest BCUT2D eigenvalue weighted by atomic mass is 32.1. The van der Waals surface area contributed by atoms with Crippen molar-refractivity contribution in [3.8, 4) is 5.75 Å². The van der Waals surface area contributed by atoms with Crippen molar-refractivity contribution < 1.29 is 4.74 Å². The molecule has 0 aliphatic carbocycles. The summed E-state index contributed by atoms with van der Waals surface area (Å²) in [7, 11) is 1.73. The highest BCUT2D eigenvalue weighted by molar-refractivity contribution is 7.09. The van der Waals surface area contributed by atoms with Gasteiger partial charge in [-0.3, -0.25) is 9.80 Å². The van der Waals surface area contributed by atoms with E-state index >= 15 is 0 Å². The molecule has 0 unspecified atom stereocenters. The molecule has 1 aliphatic heterocycles. The number of nitrogens with zero attached hydrogens (tertiary/aromatic N) is 2. The molecule has 0 spiro atoms. The number of thiophene rings is 1. The van der Waals surface area contributed by atoms with Gasteiger partial charge < -0.3 is 4.74 Å². The van der Waals surface area contributed by atoms with E-state index in [9.17, 15) is 0 Å². The molecule has 3 nitrogen and oxygen atoms in total. The van der Waals surface area contributed by atoms with E-state index in [-0.39, 0.29) is 0 Å². The van der Waals surface area contributed by atoms with Crippen LogP contribution in [0.15, 0.2) is 48.4 Å². The fourth-order valence-corrected chi connectivity index (χ4v) is 4.21. The minimum Gasteiger partial charge on any atom is -0.496 e. The molecule has 0 atom stereocenters. The van der Waals surface area contributed by atoms with Gasteiger partial charge in [0.15, 0.2) is 0 Å². The van der Waals surface area contributed by atoms with Crippen molar-refractivity contribution in [2.24, 2.45) is 0 Å². The topological polar surface area (TPSA) is 15.7 Å². The van der Waals surface area contributed by atoms with Crippen molar-refractivity contribution in [3.05, 3.63) is 64.4 Å². The molecule has 1 saturated heterocycles. The van der Waals surface area contributed by atoms with E-state index in [1.165, 1.54) is 35.5 Å². The number of methoxy groups -OCH3 is 1. The zero-order chi connectivity index (χ0) is 17.5. The lowest BCUT2D eigenvalue weighted by Gasteiger charge is -2.22. The molecule has 1 aromatic carbocycles. The number of hydrogen-bond acceptors (Lipinski definition) is 4. The first-order valence-corrected chi connectivity index (χ1v) is 9.90. The number of hydrogen-bond donors (Lipinski definition) is 0. The highest BCUT2D eigenvalue weighted by Gasteiger charge is 2.16. The number of ether oxygens (including phenoxy) is 1. The number of benzene rings is 1. The second kappa shape index (κ2) is 9.18. The maximum atomic E-state index is 5.46. The molecule has 4 heteroatoms. The summed E-state index contributed by atoms with van der Waals surface area (Å²) in [6, 6.07) is 10.9. The lowest BCUT2D eigenvalue weighted by atomic mass is 10.1. The summed E-state index contributed by atoms with van der Waals surface area (Å²) in [4.78, 5) is 6.63. The quantitative estimate of drug-likeness (QED) is 0.692. The van der Waals surface area contributed by atoms with Gasteiger partial charge in [0.1, 0.15) is 5.75 Å². The lowest BCUT2D eigenvalue weighted by molar-refractivity contribution is 0.248. The molecule has 25 heavy (non-hydrogen) atoms. The number of rotatable bonds is 7. The Balaban J connectivity index is 1.58. The predicted octanol–water partition coefficient (Wildman–Crippen LogP) is 4.19. The largest absolute Gasteiger partial charge is 0.496 e. The summed E-state index contributed by atoms with van der Waals surface area (Å²) in [6.45, 7) is 10.6. The second-order valence-electron chi connectivity index (χ2n) is 6.62. The third kappa shape index (κ3) is 5.18. The number of allylic oxidation sites excluding steroid dienone is 1. The van der Waals surface area contributed by atoms with Crippen molar-refractivity contribution in [2.45, 2.75) is 25.9 Å². The van der Waals surface area contributed by atoms with E-state index in [4.69, 9.17) is 4.74 Å². The van der Waals surface area contributed by atoms with Crippen molar-refractivity contribution in [2.75, 3.05) is 33.3 Å². The average molecular weight is 357 g/mol. The Bertz CT molecular complexity index is 669. The standard InChI is InChI=1S/C21H28N2OS/c1-3-6-19-15-18(8-9-21(19)24-2)16-22-10-5-11-23(13-12-22)17-20-7-4-14-25-20/h3-4,7-9,14-15H,1,5-6,10-13,16-17H2,2H3. The van der Waals surface area contributed by atoms with Crippen LogP contribution < -0.4 is 4.74 Å². The molecule has 1 aliphatic rings. The van der Waals surface area contributed by atoms with Crippen LogP contribution in [0.4, 0.5) is 0 Å². The van der Waals surface area contributed by atoms with Crippen LogP contribution in [-0.4, -0.2) is 43.1 Å². The average Bonchev–Trinajstić information content (AvgIpc) is 3.03. The smallest absolute Gasteiger partial charge is 0.122 e. The first-order chi connectivity index (χ1) is 12.3. The van der Waals surface area contributed by atoms with E-state index in [1.54, 1.807) is 7.11 Å². The van der Waals surface area contributed by atoms with Crippen LogP contribution in [0.3, 0.4) is 0 Å². The molecule has 134 valence electrons. The van der Waals surface area contributed by atoms with Gasteiger partial charge in [0, 0.05) is 31.1 Å². The molecule has 1 aromatic heterocycles. The molecule has 0 amide bonds. The first kappa shape index (κ1) is 18.2. The molecule has 0 radical (unpaired) electrons. The fraction of sp³-hybridized carbons (Fsp3) is 0.429. The zero-order valence-electron chi connectivity index (χ0n) is 15.1. The normalized spacial score (nSPS) is 16.5. The summed E-state index contributed by atoms with van der Waals surface area (Å²) in [5, 5.41) is 2.17. The molecule has 2 heterocycles. The van der Waals surface area contributed by atoms with Crippen molar-refractivity contribution in [1.29, 1.82) is 0 Å². The minimum absolute atomic E-state index is 0.853. The van der Waals surface area contributed by atoms with Gasteiger partial charge in [-0.15, -0.1) is 17.9 Å². The summed E-state index contributed by atoms with van der Waals surface area (Å²) in [5.41, 5.74) is 2.59. The Labute approximate surface area is 155 Å². The van der Waals surface area contributed by atoms with Crippen LogP contribution in [0.2, 0.25) is 0 Å². The second-order valence-corrected chi connectivity index (χ2v) is 7.66. The molecule has 0 N–H and O–H groups in total. The Hall–Kier alpha value is -1.62. The van der Waals surface area contributed by atoms with Crippen LogP contribution in [0.1, 0.15) is 22.4 Å². The van der Waals surface area contributed by atoms with Gasteiger partial charge in [-0.25, -0.2) is 0 Å². The molecule has 1 fully saturated rings. The van der Waals surface area contributed by atoms with Gasteiger partial charge in [0.25, 0.3) is 0 Å². The Morgan fingerprint density at radius 1 is 1.12 bits per heavy atom. The van der Waals surface area contributed by atoms with Crippen LogP contribution in [0, 0.1) is 0 Å². The SMILES string of the molecule is C=CCc1cc(CN2CCCN(Cc3cccs3)CC2)ccc1OC. The predicted molar refractivity (Wildman–Crippen MR) is 106 cm³/mol. The van der Waals surface area contributed by atoms with E-state index in [0.717, 1.165) is 38.3 Å². The van der Waals surface area contributed by atoms with Crippen LogP contribution >= 0.6 is 11.3 Å². The highest BCUT2D eigenvalue weighted by Crippen LogP contribution is 2.22. The first-order valence-electron chi connectivity index (χ1n) is 9.02. The van der Waals surface area contributed by atoms with Gasteiger partial charge in [-0.1, -0.05) is 24.3 Å². The molecule has 3 rings (SSSR count). The Morgan fingerprint density at radius 2 is 1.92 bits per heavy atom. The van der Waals surface area contributed by atoms with Crippen LogP contribution in [0.5, 0.6) is 5.75 Å². The minimum atomic E-state index is 0.853. The third-order valence-corrected chi connectivity index (χ3v) is 5.62. The molecular formula is C21H28N2OS. The maximum absolute atomic E-state index is 5.46. The molecule has 0 saturated carbocycles. The third-order valence-electron chi connectivity index (χ3n) is 4.76. The summed E-state index contributed by atoms with van der Waals surface area (Å²) >= 11 is 1.86. The summed E-state index contributed by atoms with van der Waals surface area (Å²) in [6.07, 6.45) is 4.03. The van der Waals surface area contributed by atoms with E-state index < -0.39 is 0 Å². The van der Waals surface area contributed by atoms with Gasteiger partial charge in [-0.05, 0) is 54.6 Å². The molecule has 0 bridgehead atoms. The van der Waals surface area contributed by atoms with Gasteiger partial charge >= 0.3 is 0 Å². The summed E-state index contributed by atoms with van der Waals surface area (Å²) in [5.74, 6) is 0.960. The van der Waals surface area contributed by atoms with Crippen LogP contribution in [0.25, 0.3) is 0 Å².